The first-order chi connectivity index (χ1) is 22.7. The van der Waals surface area contributed by atoms with Crippen molar-refractivity contribution in [1.82, 2.24) is 15.3 Å². The molecule has 0 aliphatic rings. The Balaban J connectivity index is 1.14. The Labute approximate surface area is 282 Å². The zero-order valence-electron chi connectivity index (χ0n) is 25.7. The number of aromatic nitrogens is 2. The van der Waals surface area contributed by atoms with Crippen molar-refractivity contribution in [2.45, 2.75) is 20.0 Å². The molecular formula is C36H31Cl2N5O4. The number of likely N-dealkylation sites (N-methyl/N-ethyl adjacent to an activating group) is 1. The molecule has 0 unspecified atom stereocenters. The SMILES string of the molecule is Cc1ccc2cccc(OCc3c(Cl)ccc(N(C)C(=O)CNC(=O)C=Cc4ccc(NC(=O)Cc5ccccn5)cc4)c3Cl)c2n1. The number of carbonyl (C=O) groups excluding carboxylic acids is 3. The van der Waals surface area contributed by atoms with Crippen molar-refractivity contribution in [2.75, 3.05) is 23.8 Å². The summed E-state index contributed by atoms with van der Waals surface area (Å²) in [6.45, 7) is 1.71. The zero-order chi connectivity index (χ0) is 33.3. The third-order valence-electron chi connectivity index (χ3n) is 7.20. The van der Waals surface area contributed by atoms with Crippen molar-refractivity contribution in [3.05, 3.63) is 130 Å². The highest BCUT2D eigenvalue weighted by Gasteiger charge is 2.19. The van der Waals surface area contributed by atoms with Crippen molar-refractivity contribution in [3.8, 4) is 5.75 Å². The summed E-state index contributed by atoms with van der Waals surface area (Å²) in [4.78, 5) is 47.8. The number of aryl methyl sites for hydroxylation is 1. The first-order valence-corrected chi connectivity index (χ1v) is 15.4. The Morgan fingerprint density at radius 1 is 0.936 bits per heavy atom. The first kappa shape index (κ1) is 33.1. The van der Waals surface area contributed by atoms with E-state index in [2.05, 4.69) is 20.6 Å². The van der Waals surface area contributed by atoms with E-state index in [9.17, 15) is 14.4 Å². The topological polar surface area (TPSA) is 114 Å². The molecule has 0 bridgehead atoms. The lowest BCUT2D eigenvalue weighted by molar-refractivity contribution is -0.122. The number of amides is 3. The van der Waals surface area contributed by atoms with Crippen molar-refractivity contribution < 1.29 is 19.1 Å². The fourth-order valence-electron chi connectivity index (χ4n) is 4.66. The number of benzene rings is 3. The van der Waals surface area contributed by atoms with Gasteiger partial charge in [0.15, 0.2) is 0 Å². The number of hydrogen-bond donors (Lipinski definition) is 2. The third-order valence-corrected chi connectivity index (χ3v) is 7.97. The van der Waals surface area contributed by atoms with Crippen LogP contribution in [0.2, 0.25) is 10.0 Å². The van der Waals surface area contributed by atoms with E-state index in [-0.39, 0.29) is 36.4 Å². The van der Waals surface area contributed by atoms with E-state index >= 15 is 0 Å². The molecule has 0 aliphatic heterocycles. The van der Waals surface area contributed by atoms with E-state index in [1.807, 2.05) is 43.3 Å². The van der Waals surface area contributed by atoms with Gasteiger partial charge in [0.2, 0.25) is 17.7 Å². The number of nitrogens with zero attached hydrogens (tertiary/aromatic N) is 3. The van der Waals surface area contributed by atoms with Crippen LogP contribution in [0, 0.1) is 6.92 Å². The second kappa shape index (κ2) is 15.4. The molecule has 5 rings (SSSR count). The lowest BCUT2D eigenvalue weighted by atomic mass is 10.1. The van der Waals surface area contributed by atoms with Crippen LogP contribution >= 0.6 is 23.2 Å². The van der Waals surface area contributed by atoms with E-state index in [4.69, 9.17) is 27.9 Å². The highest BCUT2D eigenvalue weighted by Crippen LogP contribution is 2.35. The largest absolute Gasteiger partial charge is 0.487 e. The average Bonchev–Trinajstić information content (AvgIpc) is 3.07. The lowest BCUT2D eigenvalue weighted by Gasteiger charge is -2.21. The summed E-state index contributed by atoms with van der Waals surface area (Å²) in [6, 6.07) is 25.3. The number of anilines is 2. The number of pyridine rings is 2. The lowest BCUT2D eigenvalue weighted by Crippen LogP contribution is -2.37. The summed E-state index contributed by atoms with van der Waals surface area (Å²) >= 11 is 13.2. The Bertz CT molecular complexity index is 1950. The van der Waals surface area contributed by atoms with Gasteiger partial charge in [-0.1, -0.05) is 59.6 Å². The average molecular weight is 669 g/mol. The molecule has 11 heteroatoms. The summed E-state index contributed by atoms with van der Waals surface area (Å²) in [6.07, 6.45) is 4.75. The highest BCUT2D eigenvalue weighted by atomic mass is 35.5. The molecule has 0 radical (unpaired) electrons. The second-order valence-corrected chi connectivity index (χ2v) is 11.4. The minimum atomic E-state index is -0.449. The van der Waals surface area contributed by atoms with Crippen LogP contribution in [0.4, 0.5) is 11.4 Å². The van der Waals surface area contributed by atoms with Gasteiger partial charge < -0.3 is 20.3 Å². The normalized spacial score (nSPS) is 11.0. The number of nitrogens with one attached hydrogen (secondary N) is 2. The van der Waals surface area contributed by atoms with Crippen LogP contribution in [0.3, 0.4) is 0 Å². The number of hydrogen-bond acceptors (Lipinski definition) is 6. The number of carbonyl (C=O) groups is 3. The van der Waals surface area contributed by atoms with E-state index in [1.54, 1.807) is 67.9 Å². The third kappa shape index (κ3) is 8.72. The van der Waals surface area contributed by atoms with Gasteiger partial charge in [-0.05, 0) is 67.1 Å². The van der Waals surface area contributed by atoms with Crippen LogP contribution in [0.1, 0.15) is 22.5 Å². The maximum absolute atomic E-state index is 13.0. The number of fused-ring (bicyclic) bond motifs is 1. The number of ether oxygens (including phenoxy) is 1. The Morgan fingerprint density at radius 3 is 2.51 bits per heavy atom. The van der Waals surface area contributed by atoms with Gasteiger partial charge in [0.25, 0.3) is 0 Å². The molecule has 2 aromatic heterocycles. The van der Waals surface area contributed by atoms with Crippen LogP contribution in [0.5, 0.6) is 5.75 Å². The Hall–Kier alpha value is -5.25. The van der Waals surface area contributed by atoms with Crippen LogP contribution < -0.4 is 20.3 Å². The monoisotopic (exact) mass is 667 g/mol. The quantitative estimate of drug-likeness (QED) is 0.150. The van der Waals surface area contributed by atoms with Gasteiger partial charge in [0.1, 0.15) is 17.9 Å². The molecule has 3 aromatic carbocycles. The Kier molecular flexibility index (Phi) is 10.8. The van der Waals surface area contributed by atoms with Crippen molar-refractivity contribution in [3.63, 3.8) is 0 Å². The number of halogens is 2. The molecule has 5 aromatic rings. The van der Waals surface area contributed by atoms with Gasteiger partial charge in [-0.3, -0.25) is 19.4 Å². The van der Waals surface area contributed by atoms with Gasteiger partial charge in [-0.2, -0.15) is 0 Å². The molecule has 9 nitrogen and oxygen atoms in total. The van der Waals surface area contributed by atoms with Gasteiger partial charge >= 0.3 is 0 Å². The van der Waals surface area contributed by atoms with E-state index in [0.717, 1.165) is 22.2 Å². The maximum Gasteiger partial charge on any atom is 0.246 e. The minimum absolute atomic E-state index is 0.0579. The van der Waals surface area contributed by atoms with E-state index < -0.39 is 5.91 Å². The molecule has 0 fully saturated rings. The minimum Gasteiger partial charge on any atom is -0.487 e. The summed E-state index contributed by atoms with van der Waals surface area (Å²) in [5, 5.41) is 7.02. The van der Waals surface area contributed by atoms with E-state index in [1.165, 1.54) is 11.0 Å². The molecule has 3 amide bonds. The van der Waals surface area contributed by atoms with Gasteiger partial charge in [-0.25, -0.2) is 4.98 Å². The smallest absolute Gasteiger partial charge is 0.246 e. The van der Waals surface area contributed by atoms with Crippen molar-refractivity contribution in [2.24, 2.45) is 0 Å². The highest BCUT2D eigenvalue weighted by molar-refractivity contribution is 6.38. The Morgan fingerprint density at radius 2 is 1.74 bits per heavy atom. The first-order valence-electron chi connectivity index (χ1n) is 14.7. The van der Waals surface area contributed by atoms with Crippen LogP contribution in [0.25, 0.3) is 17.0 Å². The fourth-order valence-corrected chi connectivity index (χ4v) is 5.26. The molecule has 47 heavy (non-hydrogen) atoms. The van der Waals surface area contributed by atoms with Gasteiger partial charge in [0.05, 0.1) is 23.7 Å². The van der Waals surface area contributed by atoms with Gasteiger partial charge in [-0.15, -0.1) is 0 Å². The zero-order valence-corrected chi connectivity index (χ0v) is 27.2. The predicted octanol–water partition coefficient (Wildman–Crippen LogP) is 6.80. The molecular weight excluding hydrogens is 637 g/mol. The molecule has 2 N–H and O–H groups in total. The molecule has 2 heterocycles. The van der Waals surface area contributed by atoms with E-state index in [0.29, 0.717) is 33.4 Å². The summed E-state index contributed by atoms with van der Waals surface area (Å²) in [5.41, 5.74) is 4.57. The van der Waals surface area contributed by atoms with Crippen molar-refractivity contribution >= 4 is 69.3 Å². The predicted molar refractivity (Wildman–Crippen MR) is 186 cm³/mol. The second-order valence-electron chi connectivity index (χ2n) is 10.6. The van der Waals surface area contributed by atoms with Crippen molar-refractivity contribution in [1.29, 1.82) is 0 Å². The molecule has 0 atom stereocenters. The maximum atomic E-state index is 13.0. The van der Waals surface area contributed by atoms with Gasteiger partial charge in [0, 0.05) is 52.4 Å². The van der Waals surface area contributed by atoms with Crippen LogP contribution in [0.15, 0.2) is 97.2 Å². The number of rotatable bonds is 11. The fraction of sp³-hybridized carbons (Fsp3) is 0.139. The molecule has 238 valence electrons. The summed E-state index contributed by atoms with van der Waals surface area (Å²) in [5.74, 6) is -0.431. The molecule has 0 aliphatic carbocycles. The van der Waals surface area contributed by atoms with Crippen LogP contribution in [-0.2, 0) is 27.4 Å². The standard InChI is InChI=1S/C36H31Cl2N5O4/c1-23-9-13-25-6-5-8-31(36(25)41-23)47-22-28-29(37)16-17-30(35(28)38)43(2)34(46)21-40-32(44)18-12-24-10-14-26(15-11-24)42-33(45)20-27-7-3-4-19-39-27/h3-19H,20-22H2,1-2H3,(H,40,44)(H,42,45). The number of para-hydroxylation sites is 1. The molecule has 0 saturated heterocycles. The molecule has 0 spiro atoms. The summed E-state index contributed by atoms with van der Waals surface area (Å²) in [7, 11) is 1.57. The van der Waals surface area contributed by atoms with Crippen LogP contribution in [-0.4, -0.2) is 41.3 Å². The summed E-state index contributed by atoms with van der Waals surface area (Å²) < 4.78 is 6.08. The molecule has 0 saturated carbocycles.